The third kappa shape index (κ3) is 4.01. The quantitative estimate of drug-likeness (QED) is 0.831. The van der Waals surface area contributed by atoms with Crippen LogP contribution in [0, 0.1) is 0 Å². The second-order valence-electron chi connectivity index (χ2n) is 4.37. The van der Waals surface area contributed by atoms with E-state index < -0.39 is 10.0 Å². The van der Waals surface area contributed by atoms with Gasteiger partial charge in [0.05, 0.1) is 12.8 Å². The van der Waals surface area contributed by atoms with Gasteiger partial charge >= 0.3 is 0 Å². The van der Waals surface area contributed by atoms with Crippen molar-refractivity contribution in [3.8, 4) is 5.75 Å². The van der Waals surface area contributed by atoms with Crippen molar-refractivity contribution >= 4 is 10.0 Å². The molecular weight excluding hydrogens is 290 g/mol. The van der Waals surface area contributed by atoms with Crippen LogP contribution in [0.1, 0.15) is 11.3 Å². The van der Waals surface area contributed by atoms with Gasteiger partial charge in [-0.15, -0.1) is 0 Å². The first-order valence-electron chi connectivity index (χ1n) is 6.33. The lowest BCUT2D eigenvalue weighted by Gasteiger charge is -2.08. The standard InChI is InChI=1S/C14H17N3O3S/c1-20-13-4-2-3-11(7-13)9-17-21(18,19)14-6-5-12(8-15)16-10-14/h2-7,10,17H,8-9,15H2,1H3. The molecule has 0 radical (unpaired) electrons. The van der Waals surface area contributed by atoms with Gasteiger partial charge in [0.15, 0.2) is 0 Å². The molecule has 1 aromatic carbocycles. The Morgan fingerprint density at radius 1 is 1.29 bits per heavy atom. The molecule has 2 aromatic rings. The average molecular weight is 307 g/mol. The topological polar surface area (TPSA) is 94.3 Å². The summed E-state index contributed by atoms with van der Waals surface area (Å²) in [6.07, 6.45) is 1.30. The van der Waals surface area contributed by atoms with E-state index in [0.29, 0.717) is 11.4 Å². The SMILES string of the molecule is COc1cccc(CNS(=O)(=O)c2ccc(CN)nc2)c1. The van der Waals surface area contributed by atoms with Crippen molar-refractivity contribution in [2.24, 2.45) is 5.73 Å². The second-order valence-corrected chi connectivity index (χ2v) is 6.13. The highest BCUT2D eigenvalue weighted by Gasteiger charge is 2.14. The number of benzene rings is 1. The smallest absolute Gasteiger partial charge is 0.242 e. The predicted molar refractivity (Wildman–Crippen MR) is 79.1 cm³/mol. The summed E-state index contributed by atoms with van der Waals surface area (Å²) < 4.78 is 31.9. The molecular formula is C14H17N3O3S. The van der Waals surface area contributed by atoms with Crippen molar-refractivity contribution in [2.75, 3.05) is 7.11 Å². The van der Waals surface area contributed by atoms with Crippen molar-refractivity contribution in [1.29, 1.82) is 0 Å². The zero-order valence-electron chi connectivity index (χ0n) is 11.6. The van der Waals surface area contributed by atoms with Crippen molar-refractivity contribution in [3.63, 3.8) is 0 Å². The maximum atomic E-state index is 12.1. The van der Waals surface area contributed by atoms with Crippen molar-refractivity contribution in [1.82, 2.24) is 9.71 Å². The molecule has 21 heavy (non-hydrogen) atoms. The Labute approximate surface area is 124 Å². The van der Waals surface area contributed by atoms with E-state index in [9.17, 15) is 8.42 Å². The Bertz CT molecular complexity index is 700. The number of ether oxygens (including phenoxy) is 1. The summed E-state index contributed by atoms with van der Waals surface area (Å²) in [7, 11) is -2.03. The van der Waals surface area contributed by atoms with Crippen LogP contribution in [-0.2, 0) is 23.1 Å². The van der Waals surface area contributed by atoms with E-state index in [1.165, 1.54) is 12.3 Å². The molecule has 7 heteroatoms. The molecule has 0 saturated heterocycles. The number of hydrogen-bond acceptors (Lipinski definition) is 5. The number of rotatable bonds is 6. The average Bonchev–Trinajstić information content (AvgIpc) is 2.53. The molecule has 0 aliphatic heterocycles. The molecule has 0 aliphatic rings. The molecule has 112 valence electrons. The largest absolute Gasteiger partial charge is 0.497 e. The van der Waals surface area contributed by atoms with Crippen LogP contribution in [0.3, 0.4) is 0 Å². The number of nitrogens with two attached hydrogens (primary N) is 1. The van der Waals surface area contributed by atoms with Gasteiger partial charge in [-0.25, -0.2) is 13.1 Å². The normalized spacial score (nSPS) is 11.3. The zero-order valence-corrected chi connectivity index (χ0v) is 12.4. The van der Waals surface area contributed by atoms with Gasteiger partial charge in [0, 0.05) is 19.3 Å². The lowest BCUT2D eigenvalue weighted by molar-refractivity contribution is 0.414. The number of methoxy groups -OCH3 is 1. The molecule has 3 N–H and O–H groups in total. The molecule has 6 nitrogen and oxygen atoms in total. The molecule has 1 heterocycles. The van der Waals surface area contributed by atoms with E-state index in [0.717, 1.165) is 5.56 Å². The molecule has 0 unspecified atom stereocenters. The maximum absolute atomic E-state index is 12.1. The van der Waals surface area contributed by atoms with Crippen LogP contribution in [-0.4, -0.2) is 20.5 Å². The summed E-state index contributed by atoms with van der Waals surface area (Å²) in [6, 6.07) is 10.3. The lowest BCUT2D eigenvalue weighted by Crippen LogP contribution is -2.23. The van der Waals surface area contributed by atoms with E-state index in [2.05, 4.69) is 9.71 Å². The van der Waals surface area contributed by atoms with Crippen molar-refractivity contribution < 1.29 is 13.2 Å². The number of sulfonamides is 1. The summed E-state index contributed by atoms with van der Waals surface area (Å²) >= 11 is 0. The maximum Gasteiger partial charge on any atom is 0.242 e. The van der Waals surface area contributed by atoms with Gasteiger partial charge in [-0.2, -0.15) is 0 Å². The summed E-state index contributed by atoms with van der Waals surface area (Å²) in [5.41, 5.74) is 6.88. The Balaban J connectivity index is 2.09. The van der Waals surface area contributed by atoms with Gasteiger partial charge in [0.1, 0.15) is 10.6 Å². The fraction of sp³-hybridized carbons (Fsp3) is 0.214. The van der Waals surface area contributed by atoms with Crippen LogP contribution in [0.5, 0.6) is 5.75 Å². The Morgan fingerprint density at radius 3 is 2.71 bits per heavy atom. The fourth-order valence-electron chi connectivity index (χ4n) is 1.73. The number of nitrogens with one attached hydrogen (secondary N) is 1. The summed E-state index contributed by atoms with van der Waals surface area (Å²) in [5, 5.41) is 0. The minimum absolute atomic E-state index is 0.114. The minimum Gasteiger partial charge on any atom is -0.497 e. The first-order valence-corrected chi connectivity index (χ1v) is 7.81. The fourth-order valence-corrected chi connectivity index (χ4v) is 2.70. The monoisotopic (exact) mass is 307 g/mol. The molecule has 0 amide bonds. The van der Waals surface area contributed by atoms with Crippen LogP contribution in [0.4, 0.5) is 0 Å². The summed E-state index contributed by atoms with van der Waals surface area (Å²) in [6.45, 7) is 0.454. The minimum atomic E-state index is -3.60. The van der Waals surface area contributed by atoms with Gasteiger partial charge in [0.25, 0.3) is 0 Å². The lowest BCUT2D eigenvalue weighted by atomic mass is 10.2. The van der Waals surface area contributed by atoms with Crippen LogP contribution in [0.2, 0.25) is 0 Å². The van der Waals surface area contributed by atoms with E-state index >= 15 is 0 Å². The molecule has 2 rings (SSSR count). The van der Waals surface area contributed by atoms with Gasteiger partial charge in [-0.05, 0) is 29.8 Å². The van der Waals surface area contributed by atoms with Gasteiger partial charge in [0.2, 0.25) is 10.0 Å². The second kappa shape index (κ2) is 6.66. The highest BCUT2D eigenvalue weighted by molar-refractivity contribution is 7.89. The van der Waals surface area contributed by atoms with Crippen LogP contribution in [0.25, 0.3) is 0 Å². The summed E-state index contributed by atoms with van der Waals surface area (Å²) in [5.74, 6) is 0.681. The molecule has 0 aliphatic carbocycles. The molecule has 0 saturated carbocycles. The van der Waals surface area contributed by atoms with Crippen LogP contribution in [0.15, 0.2) is 47.5 Å². The van der Waals surface area contributed by atoms with E-state index in [1.807, 2.05) is 6.07 Å². The third-order valence-electron chi connectivity index (χ3n) is 2.92. The Hall–Kier alpha value is -1.96. The van der Waals surface area contributed by atoms with Crippen LogP contribution < -0.4 is 15.2 Å². The highest BCUT2D eigenvalue weighted by Crippen LogP contribution is 2.14. The van der Waals surface area contributed by atoms with Crippen molar-refractivity contribution in [3.05, 3.63) is 53.9 Å². The van der Waals surface area contributed by atoms with E-state index in [1.54, 1.807) is 31.4 Å². The molecule has 0 atom stereocenters. The van der Waals surface area contributed by atoms with Gasteiger partial charge in [-0.3, -0.25) is 4.98 Å². The molecule has 0 spiro atoms. The number of aromatic nitrogens is 1. The Kier molecular flexibility index (Phi) is 4.89. The number of nitrogens with zero attached hydrogens (tertiary/aromatic N) is 1. The third-order valence-corrected chi connectivity index (χ3v) is 4.30. The highest BCUT2D eigenvalue weighted by atomic mass is 32.2. The first-order chi connectivity index (χ1) is 10.0. The van der Waals surface area contributed by atoms with E-state index in [-0.39, 0.29) is 18.0 Å². The van der Waals surface area contributed by atoms with E-state index in [4.69, 9.17) is 10.5 Å². The zero-order chi connectivity index (χ0) is 15.3. The molecule has 0 fully saturated rings. The van der Waals surface area contributed by atoms with Gasteiger partial charge in [-0.1, -0.05) is 12.1 Å². The predicted octanol–water partition coefficient (Wildman–Crippen LogP) is 1.03. The first kappa shape index (κ1) is 15.4. The number of pyridine rings is 1. The number of hydrogen-bond donors (Lipinski definition) is 2. The van der Waals surface area contributed by atoms with Crippen LogP contribution >= 0.6 is 0 Å². The molecule has 1 aromatic heterocycles. The summed E-state index contributed by atoms with van der Waals surface area (Å²) in [4.78, 5) is 4.10. The Morgan fingerprint density at radius 2 is 2.10 bits per heavy atom. The molecule has 0 bridgehead atoms. The van der Waals surface area contributed by atoms with Gasteiger partial charge < -0.3 is 10.5 Å². The van der Waals surface area contributed by atoms with Crippen molar-refractivity contribution in [2.45, 2.75) is 18.0 Å².